The summed E-state index contributed by atoms with van der Waals surface area (Å²) in [7, 11) is 1.89. The van der Waals surface area contributed by atoms with Crippen LogP contribution in [-0.4, -0.2) is 14.9 Å². The first-order valence-electron chi connectivity index (χ1n) is 5.84. The highest BCUT2D eigenvalue weighted by molar-refractivity contribution is 5.05. The monoisotopic (exact) mass is 208 g/mol. The van der Waals surface area contributed by atoms with Gasteiger partial charge in [0.05, 0.1) is 11.8 Å². The highest BCUT2D eigenvalue weighted by Gasteiger charge is 2.27. The summed E-state index contributed by atoms with van der Waals surface area (Å²) >= 11 is 0. The summed E-state index contributed by atoms with van der Waals surface area (Å²) in [5.74, 6) is 1.18. The number of hydrogen-bond acceptors (Lipinski definition) is 2. The molecule has 0 aliphatic heterocycles. The van der Waals surface area contributed by atoms with E-state index < -0.39 is 0 Å². The zero-order chi connectivity index (χ0) is 10.8. The molecule has 0 spiro atoms. The van der Waals surface area contributed by atoms with Crippen molar-refractivity contribution in [2.45, 2.75) is 38.7 Å². The number of rotatable bonds is 2. The van der Waals surface area contributed by atoms with E-state index in [1.54, 1.807) is 10.9 Å². The molecule has 3 heteroatoms. The van der Waals surface area contributed by atoms with Crippen LogP contribution in [-0.2, 0) is 7.05 Å². The SMILES string of the molecule is CC1CCCC(C(O)c2ccnn2C)C1. The number of aromatic nitrogens is 2. The maximum absolute atomic E-state index is 10.3. The summed E-state index contributed by atoms with van der Waals surface area (Å²) < 4.78 is 1.78. The molecule has 1 saturated carbocycles. The third kappa shape index (κ3) is 2.23. The summed E-state index contributed by atoms with van der Waals surface area (Å²) in [6.45, 7) is 2.28. The number of aliphatic hydroxyl groups excluding tert-OH is 1. The van der Waals surface area contributed by atoms with Crippen molar-refractivity contribution in [1.29, 1.82) is 0 Å². The van der Waals surface area contributed by atoms with Crippen molar-refractivity contribution in [3.63, 3.8) is 0 Å². The Morgan fingerprint density at radius 1 is 1.53 bits per heavy atom. The molecule has 3 atom stereocenters. The van der Waals surface area contributed by atoms with Crippen LogP contribution in [0.2, 0.25) is 0 Å². The molecule has 1 aliphatic carbocycles. The topological polar surface area (TPSA) is 38.1 Å². The van der Waals surface area contributed by atoms with Crippen LogP contribution in [0.15, 0.2) is 12.3 Å². The van der Waals surface area contributed by atoms with E-state index >= 15 is 0 Å². The van der Waals surface area contributed by atoms with Gasteiger partial charge in [-0.3, -0.25) is 4.68 Å². The largest absolute Gasteiger partial charge is 0.387 e. The van der Waals surface area contributed by atoms with Gasteiger partial charge in [-0.25, -0.2) is 0 Å². The second kappa shape index (κ2) is 4.35. The van der Waals surface area contributed by atoms with Crippen LogP contribution in [0.3, 0.4) is 0 Å². The van der Waals surface area contributed by atoms with Crippen molar-refractivity contribution < 1.29 is 5.11 Å². The Bertz CT molecular complexity index is 321. The predicted octanol–water partition coefficient (Wildman–Crippen LogP) is 2.28. The summed E-state index contributed by atoms with van der Waals surface area (Å²) in [4.78, 5) is 0. The second-order valence-corrected chi connectivity index (χ2v) is 4.86. The first kappa shape index (κ1) is 10.7. The molecule has 1 heterocycles. The lowest BCUT2D eigenvalue weighted by atomic mass is 9.79. The van der Waals surface area contributed by atoms with Gasteiger partial charge < -0.3 is 5.11 Å². The lowest BCUT2D eigenvalue weighted by molar-refractivity contribution is 0.0649. The minimum Gasteiger partial charge on any atom is -0.387 e. The van der Waals surface area contributed by atoms with Crippen molar-refractivity contribution in [2.24, 2.45) is 18.9 Å². The number of aryl methyl sites for hydroxylation is 1. The van der Waals surface area contributed by atoms with E-state index in [1.807, 2.05) is 13.1 Å². The summed E-state index contributed by atoms with van der Waals surface area (Å²) in [5.41, 5.74) is 0.953. The first-order chi connectivity index (χ1) is 7.18. The van der Waals surface area contributed by atoms with Crippen LogP contribution in [0, 0.1) is 11.8 Å². The van der Waals surface area contributed by atoms with E-state index in [0.717, 1.165) is 24.5 Å². The van der Waals surface area contributed by atoms with Gasteiger partial charge in [0, 0.05) is 13.2 Å². The Hall–Kier alpha value is -0.830. The third-order valence-electron chi connectivity index (χ3n) is 3.59. The Morgan fingerprint density at radius 3 is 2.93 bits per heavy atom. The average molecular weight is 208 g/mol. The maximum atomic E-state index is 10.3. The van der Waals surface area contributed by atoms with Crippen LogP contribution in [0.5, 0.6) is 0 Å². The van der Waals surface area contributed by atoms with Crippen molar-refractivity contribution in [2.75, 3.05) is 0 Å². The van der Waals surface area contributed by atoms with Crippen molar-refractivity contribution in [3.8, 4) is 0 Å². The van der Waals surface area contributed by atoms with Gasteiger partial charge in [-0.1, -0.05) is 19.8 Å². The smallest absolute Gasteiger partial charge is 0.0984 e. The number of nitrogens with zero attached hydrogens (tertiary/aromatic N) is 2. The Kier molecular flexibility index (Phi) is 3.10. The van der Waals surface area contributed by atoms with Gasteiger partial charge in [-0.2, -0.15) is 5.10 Å². The zero-order valence-electron chi connectivity index (χ0n) is 9.56. The molecule has 0 bridgehead atoms. The minimum absolute atomic E-state index is 0.333. The lowest BCUT2D eigenvalue weighted by Gasteiger charge is -2.30. The first-order valence-corrected chi connectivity index (χ1v) is 5.84. The molecule has 0 radical (unpaired) electrons. The molecule has 0 aromatic carbocycles. The van der Waals surface area contributed by atoms with Crippen molar-refractivity contribution in [3.05, 3.63) is 18.0 Å². The zero-order valence-corrected chi connectivity index (χ0v) is 9.56. The van der Waals surface area contributed by atoms with Crippen LogP contribution in [0.1, 0.15) is 44.4 Å². The molecule has 3 unspecified atom stereocenters. The fourth-order valence-corrected chi connectivity index (χ4v) is 2.68. The van der Waals surface area contributed by atoms with Gasteiger partial charge in [0.25, 0.3) is 0 Å². The van der Waals surface area contributed by atoms with Gasteiger partial charge in [0.2, 0.25) is 0 Å². The number of hydrogen-bond donors (Lipinski definition) is 1. The molecular weight excluding hydrogens is 188 g/mol. The second-order valence-electron chi connectivity index (χ2n) is 4.86. The van der Waals surface area contributed by atoms with E-state index in [1.165, 1.54) is 12.8 Å². The third-order valence-corrected chi connectivity index (χ3v) is 3.59. The van der Waals surface area contributed by atoms with E-state index in [2.05, 4.69) is 12.0 Å². The maximum Gasteiger partial charge on any atom is 0.0984 e. The molecular formula is C12H20N2O. The minimum atomic E-state index is -0.333. The molecule has 15 heavy (non-hydrogen) atoms. The molecule has 1 N–H and O–H groups in total. The van der Waals surface area contributed by atoms with Gasteiger partial charge in [-0.05, 0) is 30.7 Å². The molecule has 1 aromatic rings. The molecule has 84 valence electrons. The van der Waals surface area contributed by atoms with Gasteiger partial charge in [-0.15, -0.1) is 0 Å². The van der Waals surface area contributed by atoms with E-state index in [9.17, 15) is 5.11 Å². The predicted molar refractivity (Wildman–Crippen MR) is 59.3 cm³/mol. The van der Waals surface area contributed by atoms with Crippen molar-refractivity contribution in [1.82, 2.24) is 9.78 Å². The van der Waals surface area contributed by atoms with E-state index in [4.69, 9.17) is 0 Å². The highest BCUT2D eigenvalue weighted by atomic mass is 16.3. The Labute approximate surface area is 91.1 Å². The molecule has 1 fully saturated rings. The van der Waals surface area contributed by atoms with E-state index in [-0.39, 0.29) is 6.10 Å². The van der Waals surface area contributed by atoms with Gasteiger partial charge >= 0.3 is 0 Å². The van der Waals surface area contributed by atoms with Gasteiger partial charge in [0.1, 0.15) is 0 Å². The van der Waals surface area contributed by atoms with Crippen LogP contribution in [0.25, 0.3) is 0 Å². The van der Waals surface area contributed by atoms with Crippen molar-refractivity contribution >= 4 is 0 Å². The van der Waals surface area contributed by atoms with E-state index in [0.29, 0.717) is 5.92 Å². The molecule has 1 aromatic heterocycles. The molecule has 0 amide bonds. The Balaban J connectivity index is 2.07. The molecule has 0 saturated heterocycles. The van der Waals surface area contributed by atoms with Crippen LogP contribution in [0.4, 0.5) is 0 Å². The number of aliphatic hydroxyl groups is 1. The van der Waals surface area contributed by atoms with Crippen LogP contribution >= 0.6 is 0 Å². The molecule has 2 rings (SSSR count). The fourth-order valence-electron chi connectivity index (χ4n) is 2.68. The fraction of sp³-hybridized carbons (Fsp3) is 0.750. The molecule has 3 nitrogen and oxygen atoms in total. The standard InChI is InChI=1S/C12H20N2O/c1-9-4-3-5-10(8-9)12(15)11-6-7-13-14(11)2/h6-7,9-10,12,15H,3-5,8H2,1-2H3. The quantitative estimate of drug-likeness (QED) is 0.809. The van der Waals surface area contributed by atoms with Gasteiger partial charge in [0.15, 0.2) is 0 Å². The molecule has 1 aliphatic rings. The summed E-state index contributed by atoms with van der Waals surface area (Å²) in [6, 6.07) is 1.92. The highest BCUT2D eigenvalue weighted by Crippen LogP contribution is 2.36. The van der Waals surface area contributed by atoms with Crippen LogP contribution < -0.4 is 0 Å². The Morgan fingerprint density at radius 2 is 2.33 bits per heavy atom. The summed E-state index contributed by atoms with van der Waals surface area (Å²) in [5, 5.41) is 14.4. The normalized spacial score (nSPS) is 29.0. The average Bonchev–Trinajstić information content (AvgIpc) is 2.63. The lowest BCUT2D eigenvalue weighted by Crippen LogP contribution is -2.21. The summed E-state index contributed by atoms with van der Waals surface area (Å²) in [6.07, 6.45) is 6.28.